The van der Waals surface area contributed by atoms with Crippen LogP contribution in [0.2, 0.25) is 10.0 Å². The van der Waals surface area contributed by atoms with Gasteiger partial charge < -0.3 is 20.2 Å². The number of halogens is 5. The predicted octanol–water partition coefficient (Wildman–Crippen LogP) is 5.66. The Balaban J connectivity index is 1.81. The smallest absolute Gasteiger partial charge is 0.437 e. The van der Waals surface area contributed by atoms with Gasteiger partial charge in [0.15, 0.2) is 5.78 Å². The van der Waals surface area contributed by atoms with Gasteiger partial charge in [0, 0.05) is 22.9 Å². The number of Topliss-reactive ketones (excluding diaryl/α,β-unsaturated/α-hetero) is 1. The van der Waals surface area contributed by atoms with Gasteiger partial charge in [-0.3, -0.25) is 4.79 Å². The molecule has 2 atom stereocenters. The summed E-state index contributed by atoms with van der Waals surface area (Å²) in [5, 5.41) is 14.7. The molecule has 0 unspecified atom stereocenters. The van der Waals surface area contributed by atoms with Gasteiger partial charge in [-0.2, -0.15) is 13.2 Å². The molecule has 3 aromatic rings. The van der Waals surface area contributed by atoms with Crippen LogP contribution in [0.4, 0.5) is 18.0 Å². The number of urea groups is 1. The second-order valence-corrected chi connectivity index (χ2v) is 8.19. The molecular formula is C23H15Cl2F3N2O4. The minimum Gasteiger partial charge on any atom is -0.457 e. The summed E-state index contributed by atoms with van der Waals surface area (Å²) < 4.78 is 47.4. The van der Waals surface area contributed by atoms with E-state index >= 15 is 0 Å². The zero-order valence-electron chi connectivity index (χ0n) is 17.0. The maximum absolute atomic E-state index is 13.9. The Labute approximate surface area is 201 Å². The minimum atomic E-state index is -5.37. The van der Waals surface area contributed by atoms with E-state index in [0.29, 0.717) is 5.56 Å². The molecule has 11 heteroatoms. The fourth-order valence-electron chi connectivity index (χ4n) is 3.58. The van der Waals surface area contributed by atoms with Crippen LogP contribution in [0.15, 0.2) is 70.8 Å². The number of nitrogens with one attached hydrogen (secondary N) is 2. The van der Waals surface area contributed by atoms with Gasteiger partial charge in [0.25, 0.3) is 5.72 Å². The molecular weight excluding hydrogens is 496 g/mol. The van der Waals surface area contributed by atoms with E-state index in [9.17, 15) is 27.9 Å². The number of carbonyl (C=O) groups is 2. The van der Waals surface area contributed by atoms with Crippen LogP contribution in [0.3, 0.4) is 0 Å². The molecule has 6 nitrogen and oxygen atoms in total. The summed E-state index contributed by atoms with van der Waals surface area (Å²) in [6, 6.07) is 13.5. The van der Waals surface area contributed by atoms with Crippen molar-refractivity contribution in [2.75, 3.05) is 0 Å². The number of alkyl halides is 3. The Hall–Kier alpha value is -3.27. The lowest BCUT2D eigenvalue weighted by molar-refractivity contribution is -0.279. The maximum Gasteiger partial charge on any atom is 0.437 e. The fourth-order valence-corrected chi connectivity index (χ4v) is 3.97. The van der Waals surface area contributed by atoms with Crippen LogP contribution in [0.1, 0.15) is 16.1 Å². The van der Waals surface area contributed by atoms with Crippen molar-refractivity contribution < 1.29 is 32.3 Å². The highest BCUT2D eigenvalue weighted by atomic mass is 35.5. The molecule has 2 amide bonds. The quantitative estimate of drug-likeness (QED) is 0.395. The third-order valence-corrected chi connectivity index (χ3v) is 6.00. The monoisotopic (exact) mass is 510 g/mol. The fraction of sp³-hybridized carbons (Fsp3) is 0.130. The highest BCUT2D eigenvalue weighted by Crippen LogP contribution is 2.41. The molecule has 0 aliphatic carbocycles. The van der Waals surface area contributed by atoms with E-state index in [1.165, 1.54) is 41.7 Å². The molecule has 0 saturated carbocycles. The van der Waals surface area contributed by atoms with Crippen molar-refractivity contribution in [2.24, 2.45) is 5.92 Å². The SMILES string of the molecule is O=C1N/C(=C\c2ccc(-c3cccc(Cl)c3Cl)o2)[C@@H](C(=O)c2ccccc2)[C@@](O)(C(F)(F)F)N1. The molecule has 1 aliphatic heterocycles. The second-order valence-electron chi connectivity index (χ2n) is 7.41. The summed E-state index contributed by atoms with van der Waals surface area (Å²) in [4.78, 5) is 25.2. The first-order valence-corrected chi connectivity index (χ1v) is 10.5. The minimum absolute atomic E-state index is 0.00127. The molecule has 1 saturated heterocycles. The third-order valence-electron chi connectivity index (χ3n) is 5.19. The predicted molar refractivity (Wildman–Crippen MR) is 119 cm³/mol. The number of furan rings is 1. The lowest BCUT2D eigenvalue weighted by Crippen LogP contribution is -2.71. The number of hydrogen-bond donors (Lipinski definition) is 3. The lowest BCUT2D eigenvalue weighted by Gasteiger charge is -2.41. The number of benzene rings is 2. The van der Waals surface area contributed by atoms with Gasteiger partial charge in [0.2, 0.25) is 0 Å². The van der Waals surface area contributed by atoms with E-state index in [2.05, 4.69) is 5.32 Å². The van der Waals surface area contributed by atoms with Crippen LogP contribution in [0.25, 0.3) is 17.4 Å². The van der Waals surface area contributed by atoms with E-state index in [4.69, 9.17) is 27.6 Å². The van der Waals surface area contributed by atoms with Crippen molar-refractivity contribution in [1.82, 2.24) is 10.6 Å². The van der Waals surface area contributed by atoms with Crippen molar-refractivity contribution in [3.8, 4) is 11.3 Å². The Morgan fingerprint density at radius 2 is 1.76 bits per heavy atom. The van der Waals surface area contributed by atoms with E-state index in [0.717, 1.165) is 6.08 Å². The summed E-state index contributed by atoms with van der Waals surface area (Å²) in [5.41, 5.74) is -4.03. The van der Waals surface area contributed by atoms with Crippen molar-refractivity contribution in [3.05, 3.63) is 87.7 Å². The number of hydrogen-bond acceptors (Lipinski definition) is 4. The summed E-state index contributed by atoms with van der Waals surface area (Å²) in [7, 11) is 0. The highest BCUT2D eigenvalue weighted by Gasteiger charge is 2.65. The molecule has 176 valence electrons. The van der Waals surface area contributed by atoms with Crippen molar-refractivity contribution in [3.63, 3.8) is 0 Å². The Bertz CT molecular complexity index is 1290. The first kappa shape index (κ1) is 23.9. The summed E-state index contributed by atoms with van der Waals surface area (Å²) in [6.45, 7) is 0. The van der Waals surface area contributed by atoms with E-state index in [1.807, 2.05) is 0 Å². The number of carbonyl (C=O) groups excluding carboxylic acids is 2. The highest BCUT2D eigenvalue weighted by molar-refractivity contribution is 6.43. The summed E-state index contributed by atoms with van der Waals surface area (Å²) in [6.07, 6.45) is -4.33. The summed E-state index contributed by atoms with van der Waals surface area (Å²) >= 11 is 12.2. The van der Waals surface area contributed by atoms with Crippen molar-refractivity contribution in [1.29, 1.82) is 0 Å². The molecule has 1 aliphatic rings. The van der Waals surface area contributed by atoms with Crippen LogP contribution >= 0.6 is 23.2 Å². The van der Waals surface area contributed by atoms with Gasteiger partial charge in [0.05, 0.1) is 10.0 Å². The second kappa shape index (κ2) is 8.83. The molecule has 1 aromatic heterocycles. The molecule has 0 radical (unpaired) electrons. The Morgan fingerprint density at radius 3 is 2.44 bits per heavy atom. The summed E-state index contributed by atoms with van der Waals surface area (Å²) in [5.74, 6) is -3.06. The van der Waals surface area contributed by atoms with Gasteiger partial charge in [-0.25, -0.2) is 4.79 Å². The Morgan fingerprint density at radius 1 is 1.06 bits per heavy atom. The molecule has 2 aromatic carbocycles. The molecule has 0 bridgehead atoms. The molecule has 4 rings (SSSR count). The average Bonchev–Trinajstić information content (AvgIpc) is 3.23. The average molecular weight is 511 g/mol. The molecule has 0 spiro atoms. The topological polar surface area (TPSA) is 91.6 Å². The van der Waals surface area contributed by atoms with Crippen LogP contribution in [0.5, 0.6) is 0 Å². The largest absolute Gasteiger partial charge is 0.457 e. The zero-order valence-corrected chi connectivity index (χ0v) is 18.5. The standard InChI is InChI=1S/C23H15Cl2F3N2O4/c24-15-8-4-7-14(19(15)25)17-10-9-13(34-17)11-16-18(20(31)12-5-2-1-3-6-12)22(33,23(26,27)28)30-21(32)29-16/h1-11,18,33H,(H2,29,30,32)/b16-11-/t18-,22+/m0/s1. The van der Waals surface area contributed by atoms with Gasteiger partial charge >= 0.3 is 12.2 Å². The molecule has 2 heterocycles. The van der Waals surface area contributed by atoms with Gasteiger partial charge in [-0.15, -0.1) is 0 Å². The number of amides is 2. The normalized spacial score (nSPS) is 21.8. The number of ketones is 1. The third kappa shape index (κ3) is 4.29. The first-order valence-electron chi connectivity index (χ1n) is 9.74. The lowest BCUT2D eigenvalue weighted by atomic mass is 9.82. The van der Waals surface area contributed by atoms with Crippen LogP contribution in [-0.4, -0.2) is 28.8 Å². The van der Waals surface area contributed by atoms with E-state index in [1.54, 1.807) is 24.3 Å². The van der Waals surface area contributed by atoms with E-state index in [-0.39, 0.29) is 27.1 Å². The van der Waals surface area contributed by atoms with Gasteiger partial charge in [-0.1, -0.05) is 59.6 Å². The van der Waals surface area contributed by atoms with Crippen LogP contribution in [-0.2, 0) is 0 Å². The van der Waals surface area contributed by atoms with Crippen LogP contribution < -0.4 is 10.6 Å². The van der Waals surface area contributed by atoms with Crippen LogP contribution in [0, 0.1) is 5.92 Å². The molecule has 3 N–H and O–H groups in total. The van der Waals surface area contributed by atoms with Gasteiger partial charge in [-0.05, 0) is 24.3 Å². The molecule has 34 heavy (non-hydrogen) atoms. The number of rotatable bonds is 4. The van der Waals surface area contributed by atoms with E-state index < -0.39 is 35.3 Å². The van der Waals surface area contributed by atoms with Crippen molar-refractivity contribution >= 4 is 41.1 Å². The molecule has 1 fully saturated rings. The zero-order chi connectivity index (χ0) is 24.7. The van der Waals surface area contributed by atoms with Crippen molar-refractivity contribution in [2.45, 2.75) is 11.9 Å². The van der Waals surface area contributed by atoms with Gasteiger partial charge in [0.1, 0.15) is 17.4 Å². The Kier molecular flexibility index (Phi) is 6.20. The first-order chi connectivity index (χ1) is 16.0. The number of aliphatic hydroxyl groups is 1. The maximum atomic E-state index is 13.9.